The second kappa shape index (κ2) is 6.91. The summed E-state index contributed by atoms with van der Waals surface area (Å²) in [7, 11) is 0. The van der Waals surface area contributed by atoms with Crippen molar-refractivity contribution in [1.82, 2.24) is 5.32 Å². The predicted octanol–water partition coefficient (Wildman–Crippen LogP) is 2.14. The van der Waals surface area contributed by atoms with Gasteiger partial charge in [0.15, 0.2) is 0 Å². The van der Waals surface area contributed by atoms with Gasteiger partial charge in [0, 0.05) is 18.0 Å². The Morgan fingerprint density at radius 1 is 1.30 bits per heavy atom. The molecule has 4 nitrogen and oxygen atoms in total. The number of nitrogens with one attached hydrogen (secondary N) is 1. The van der Waals surface area contributed by atoms with Crippen LogP contribution in [-0.4, -0.2) is 18.5 Å². The second-order valence-corrected chi connectivity index (χ2v) is 4.85. The summed E-state index contributed by atoms with van der Waals surface area (Å²) in [6, 6.07) is 11.3. The maximum atomic E-state index is 12.3. The number of nitrogens with two attached hydrogens (primary N) is 1. The van der Waals surface area contributed by atoms with E-state index < -0.39 is 0 Å². The molecule has 106 valence electrons. The van der Waals surface area contributed by atoms with Gasteiger partial charge in [-0.2, -0.15) is 0 Å². The predicted molar refractivity (Wildman–Crippen MR) is 78.5 cm³/mol. The van der Waals surface area contributed by atoms with Gasteiger partial charge >= 0.3 is 0 Å². The summed E-state index contributed by atoms with van der Waals surface area (Å²) in [6.45, 7) is 2.50. The van der Waals surface area contributed by atoms with E-state index in [4.69, 9.17) is 10.2 Å². The van der Waals surface area contributed by atoms with Crippen LogP contribution < -0.4 is 11.1 Å². The van der Waals surface area contributed by atoms with E-state index in [1.165, 1.54) is 0 Å². The lowest BCUT2D eigenvalue weighted by atomic mass is 10.0. The molecule has 20 heavy (non-hydrogen) atoms. The summed E-state index contributed by atoms with van der Waals surface area (Å²) in [5.74, 6) is 0.807. The molecule has 0 radical (unpaired) electrons. The number of benzene rings is 1. The highest BCUT2D eigenvalue weighted by Crippen LogP contribution is 2.10. The molecular weight excluding hydrogens is 252 g/mol. The van der Waals surface area contributed by atoms with Gasteiger partial charge in [-0.3, -0.25) is 4.79 Å². The fraction of sp³-hybridized carbons (Fsp3) is 0.312. The van der Waals surface area contributed by atoms with E-state index in [9.17, 15) is 4.79 Å². The van der Waals surface area contributed by atoms with Gasteiger partial charge in [-0.05, 0) is 43.7 Å². The summed E-state index contributed by atoms with van der Waals surface area (Å²) >= 11 is 0. The second-order valence-electron chi connectivity index (χ2n) is 4.85. The van der Waals surface area contributed by atoms with Crippen LogP contribution in [0.25, 0.3) is 0 Å². The van der Waals surface area contributed by atoms with E-state index in [1.54, 1.807) is 6.26 Å². The normalized spacial score (nSPS) is 12.1. The molecular formula is C16H20N2O2. The maximum Gasteiger partial charge on any atom is 0.251 e. The van der Waals surface area contributed by atoms with Crippen LogP contribution in [0.1, 0.15) is 28.6 Å². The molecule has 2 aromatic rings. The molecule has 0 saturated heterocycles. The van der Waals surface area contributed by atoms with Gasteiger partial charge < -0.3 is 15.5 Å². The van der Waals surface area contributed by atoms with Crippen molar-refractivity contribution in [3.8, 4) is 0 Å². The first-order chi connectivity index (χ1) is 9.70. The first-order valence-corrected chi connectivity index (χ1v) is 6.82. The Hall–Kier alpha value is -2.07. The van der Waals surface area contributed by atoms with Gasteiger partial charge in [-0.15, -0.1) is 0 Å². The van der Waals surface area contributed by atoms with Gasteiger partial charge in [0.2, 0.25) is 0 Å². The molecule has 0 aliphatic rings. The molecule has 1 amide bonds. The lowest BCUT2D eigenvalue weighted by Gasteiger charge is -2.14. The Morgan fingerprint density at radius 3 is 2.80 bits per heavy atom. The molecule has 1 aromatic carbocycles. The lowest BCUT2D eigenvalue weighted by Crippen LogP contribution is -2.34. The number of hydrogen-bond donors (Lipinski definition) is 2. The number of rotatable bonds is 6. The quantitative estimate of drug-likeness (QED) is 0.846. The smallest absolute Gasteiger partial charge is 0.251 e. The molecule has 2 rings (SSSR count). The van der Waals surface area contributed by atoms with Crippen molar-refractivity contribution >= 4 is 5.91 Å². The summed E-state index contributed by atoms with van der Waals surface area (Å²) in [4.78, 5) is 12.3. The highest BCUT2D eigenvalue weighted by Gasteiger charge is 2.14. The van der Waals surface area contributed by atoms with E-state index in [-0.39, 0.29) is 11.9 Å². The third kappa shape index (κ3) is 3.71. The van der Waals surface area contributed by atoms with Gasteiger partial charge in [-0.1, -0.05) is 18.2 Å². The fourth-order valence-electron chi connectivity index (χ4n) is 2.20. The lowest BCUT2D eigenvalue weighted by molar-refractivity contribution is 0.0938. The van der Waals surface area contributed by atoms with Crippen molar-refractivity contribution in [3.05, 3.63) is 59.5 Å². The minimum atomic E-state index is -0.0619. The number of amides is 1. The van der Waals surface area contributed by atoms with E-state index in [0.29, 0.717) is 24.9 Å². The van der Waals surface area contributed by atoms with E-state index in [1.807, 2.05) is 43.3 Å². The van der Waals surface area contributed by atoms with Crippen molar-refractivity contribution in [2.45, 2.75) is 25.8 Å². The van der Waals surface area contributed by atoms with E-state index in [2.05, 4.69) is 5.32 Å². The van der Waals surface area contributed by atoms with Crippen molar-refractivity contribution < 1.29 is 9.21 Å². The Kier molecular flexibility index (Phi) is 4.96. The summed E-state index contributed by atoms with van der Waals surface area (Å²) < 4.78 is 5.29. The molecule has 3 N–H and O–H groups in total. The summed E-state index contributed by atoms with van der Waals surface area (Å²) in [6.07, 6.45) is 3.02. The zero-order valence-electron chi connectivity index (χ0n) is 11.6. The van der Waals surface area contributed by atoms with Crippen LogP contribution in [0.2, 0.25) is 0 Å². The van der Waals surface area contributed by atoms with Crippen LogP contribution in [0.15, 0.2) is 47.1 Å². The molecule has 0 spiro atoms. The van der Waals surface area contributed by atoms with Gasteiger partial charge in [0.1, 0.15) is 5.76 Å². The summed E-state index contributed by atoms with van der Waals surface area (Å²) in [5.41, 5.74) is 7.26. The van der Waals surface area contributed by atoms with E-state index >= 15 is 0 Å². The van der Waals surface area contributed by atoms with Crippen LogP contribution in [-0.2, 0) is 12.8 Å². The molecule has 4 heteroatoms. The number of hydrogen-bond acceptors (Lipinski definition) is 3. The number of furan rings is 1. The van der Waals surface area contributed by atoms with Crippen LogP contribution in [0.5, 0.6) is 0 Å². The number of carbonyl (C=O) groups is 1. The minimum Gasteiger partial charge on any atom is -0.469 e. The highest BCUT2D eigenvalue weighted by atomic mass is 16.3. The largest absolute Gasteiger partial charge is 0.469 e. The molecule has 0 bridgehead atoms. The highest BCUT2D eigenvalue weighted by molar-refractivity contribution is 5.95. The Bertz CT molecular complexity index is 549. The molecule has 1 heterocycles. The van der Waals surface area contributed by atoms with Gasteiger partial charge in [0.05, 0.1) is 6.26 Å². The third-order valence-corrected chi connectivity index (χ3v) is 3.14. The average Bonchev–Trinajstić information content (AvgIpc) is 2.92. The van der Waals surface area contributed by atoms with Crippen molar-refractivity contribution in [1.29, 1.82) is 0 Å². The SMILES string of the molecule is CC(Cc1ccco1)NC(=O)c1ccccc1CCN. The van der Waals surface area contributed by atoms with Crippen LogP contribution in [0.3, 0.4) is 0 Å². The zero-order chi connectivity index (χ0) is 14.4. The van der Waals surface area contributed by atoms with Gasteiger partial charge in [-0.25, -0.2) is 0 Å². The number of carbonyl (C=O) groups excluding carboxylic acids is 1. The van der Waals surface area contributed by atoms with Crippen molar-refractivity contribution in [3.63, 3.8) is 0 Å². The minimum absolute atomic E-state index is 0.0135. The monoisotopic (exact) mass is 272 g/mol. The molecule has 0 saturated carbocycles. The van der Waals surface area contributed by atoms with Crippen LogP contribution in [0.4, 0.5) is 0 Å². The summed E-state index contributed by atoms with van der Waals surface area (Å²) in [5, 5.41) is 2.99. The molecule has 0 aliphatic carbocycles. The molecule has 1 atom stereocenters. The van der Waals surface area contributed by atoms with Crippen molar-refractivity contribution in [2.24, 2.45) is 5.73 Å². The molecule has 0 fully saturated rings. The molecule has 1 unspecified atom stereocenters. The van der Waals surface area contributed by atoms with Crippen LogP contribution >= 0.6 is 0 Å². The average molecular weight is 272 g/mol. The van der Waals surface area contributed by atoms with Crippen molar-refractivity contribution in [2.75, 3.05) is 6.54 Å². The molecule has 0 aliphatic heterocycles. The first kappa shape index (κ1) is 14.3. The third-order valence-electron chi connectivity index (χ3n) is 3.14. The van der Waals surface area contributed by atoms with Crippen LogP contribution in [0, 0.1) is 0 Å². The standard InChI is InChI=1S/C16H20N2O2/c1-12(11-14-6-4-10-20-14)18-16(19)15-7-3-2-5-13(15)8-9-17/h2-7,10,12H,8-9,11,17H2,1H3,(H,18,19). The topological polar surface area (TPSA) is 68.3 Å². The Morgan fingerprint density at radius 2 is 2.10 bits per heavy atom. The zero-order valence-corrected chi connectivity index (χ0v) is 11.6. The van der Waals surface area contributed by atoms with Gasteiger partial charge in [0.25, 0.3) is 5.91 Å². The Balaban J connectivity index is 2.00. The first-order valence-electron chi connectivity index (χ1n) is 6.82. The molecule has 1 aromatic heterocycles. The fourth-order valence-corrected chi connectivity index (χ4v) is 2.20. The maximum absolute atomic E-state index is 12.3. The van der Waals surface area contributed by atoms with E-state index in [0.717, 1.165) is 11.3 Å². The Labute approximate surface area is 119 Å².